The fraction of sp³-hybridized carbons (Fsp3) is 0.517. The zero-order valence-electron chi connectivity index (χ0n) is 23.8. The maximum atomic E-state index is 14.1. The largest absolute Gasteiger partial charge is 0.486 e. The summed E-state index contributed by atoms with van der Waals surface area (Å²) in [6.07, 6.45) is 3.87. The summed E-state index contributed by atoms with van der Waals surface area (Å²) in [6, 6.07) is 4.24. The van der Waals surface area contributed by atoms with E-state index in [4.69, 9.17) is 14.2 Å². The summed E-state index contributed by atoms with van der Waals surface area (Å²) in [7, 11) is 0. The molecule has 0 bridgehead atoms. The van der Waals surface area contributed by atoms with E-state index in [1.165, 1.54) is 29.8 Å². The van der Waals surface area contributed by atoms with Gasteiger partial charge in [0.05, 0.1) is 29.2 Å². The number of rotatable bonds is 6. The quantitative estimate of drug-likeness (QED) is 0.386. The average Bonchev–Trinajstić information content (AvgIpc) is 3.47. The van der Waals surface area contributed by atoms with Gasteiger partial charge in [0.25, 0.3) is 5.91 Å². The normalized spacial score (nSPS) is 19.6. The highest BCUT2D eigenvalue weighted by Crippen LogP contribution is 2.37. The van der Waals surface area contributed by atoms with Crippen molar-refractivity contribution in [2.45, 2.75) is 71.1 Å². The summed E-state index contributed by atoms with van der Waals surface area (Å²) in [5.41, 5.74) is 0.758. The molecule has 2 fully saturated rings. The monoisotopic (exact) mass is 585 g/mol. The first-order chi connectivity index (χ1) is 19.6. The molecule has 1 aromatic carbocycles. The summed E-state index contributed by atoms with van der Waals surface area (Å²) in [5, 5.41) is 7.15. The van der Waals surface area contributed by atoms with E-state index < -0.39 is 11.4 Å². The van der Waals surface area contributed by atoms with Crippen LogP contribution in [0.3, 0.4) is 0 Å². The van der Waals surface area contributed by atoms with Gasteiger partial charge in [-0.05, 0) is 64.7 Å². The van der Waals surface area contributed by atoms with E-state index in [1.54, 1.807) is 11.0 Å². The van der Waals surface area contributed by atoms with E-state index in [1.807, 2.05) is 27.7 Å². The number of halogens is 1. The van der Waals surface area contributed by atoms with Crippen LogP contribution in [0.15, 0.2) is 24.5 Å². The van der Waals surface area contributed by atoms with Crippen LogP contribution in [0, 0.1) is 12.7 Å². The first-order valence-corrected chi connectivity index (χ1v) is 14.7. The van der Waals surface area contributed by atoms with Gasteiger partial charge in [0.15, 0.2) is 0 Å². The van der Waals surface area contributed by atoms with Gasteiger partial charge in [0.2, 0.25) is 0 Å². The zero-order valence-corrected chi connectivity index (χ0v) is 24.6. The van der Waals surface area contributed by atoms with Gasteiger partial charge in [-0.15, -0.1) is 11.3 Å². The van der Waals surface area contributed by atoms with Crippen LogP contribution in [0.1, 0.15) is 61.7 Å². The topological polar surface area (TPSA) is 115 Å². The van der Waals surface area contributed by atoms with Crippen LogP contribution in [-0.2, 0) is 9.47 Å². The number of nitrogens with one attached hydrogen (secondary N) is 2. The number of aryl methyl sites for hydroxylation is 1. The second-order valence-electron chi connectivity index (χ2n) is 11.4. The number of ether oxygens (including phenoxy) is 3. The average molecular weight is 586 g/mol. The van der Waals surface area contributed by atoms with Crippen molar-refractivity contribution in [3.63, 3.8) is 0 Å². The summed E-state index contributed by atoms with van der Waals surface area (Å²) in [6.45, 7) is 9.59. The molecule has 0 spiro atoms. The van der Waals surface area contributed by atoms with Crippen LogP contribution in [-0.4, -0.2) is 70.9 Å². The summed E-state index contributed by atoms with van der Waals surface area (Å²) in [5.74, 6) is 0.284. The first kappa shape index (κ1) is 29.0. The van der Waals surface area contributed by atoms with Crippen molar-refractivity contribution in [1.82, 2.24) is 20.2 Å². The predicted molar refractivity (Wildman–Crippen MR) is 155 cm³/mol. The van der Waals surface area contributed by atoms with Crippen LogP contribution in [0.5, 0.6) is 5.75 Å². The Morgan fingerprint density at radius 1 is 1.17 bits per heavy atom. The van der Waals surface area contributed by atoms with Gasteiger partial charge in [0, 0.05) is 31.6 Å². The smallest absolute Gasteiger partial charge is 0.410 e. The van der Waals surface area contributed by atoms with Crippen LogP contribution in [0.25, 0.3) is 10.2 Å². The summed E-state index contributed by atoms with van der Waals surface area (Å²) < 4.78 is 31.0. The third-order valence-corrected chi connectivity index (χ3v) is 8.22. The number of benzene rings is 1. The van der Waals surface area contributed by atoms with Gasteiger partial charge >= 0.3 is 6.09 Å². The molecule has 2 aliphatic heterocycles. The molecule has 2 amide bonds. The first-order valence-electron chi connectivity index (χ1n) is 13.9. The fourth-order valence-electron chi connectivity index (χ4n) is 4.99. The lowest BCUT2D eigenvalue weighted by Gasteiger charge is -2.26. The molecule has 2 unspecified atom stereocenters. The molecular weight excluding hydrogens is 549 g/mol. The Balaban J connectivity index is 1.30. The lowest BCUT2D eigenvalue weighted by Crippen LogP contribution is -2.39. The van der Waals surface area contributed by atoms with Gasteiger partial charge in [-0.2, -0.15) is 0 Å². The summed E-state index contributed by atoms with van der Waals surface area (Å²) in [4.78, 5) is 37.7. The van der Waals surface area contributed by atoms with Gasteiger partial charge < -0.3 is 29.7 Å². The van der Waals surface area contributed by atoms with Crippen molar-refractivity contribution in [1.29, 1.82) is 0 Å². The molecule has 2 aliphatic rings. The lowest BCUT2D eigenvalue weighted by atomic mass is 10.1. The van der Waals surface area contributed by atoms with Crippen LogP contribution in [0.4, 0.5) is 20.7 Å². The van der Waals surface area contributed by atoms with Crippen LogP contribution in [0.2, 0.25) is 0 Å². The van der Waals surface area contributed by atoms with Crippen molar-refractivity contribution in [2.75, 3.05) is 31.6 Å². The third-order valence-electron chi connectivity index (χ3n) is 7.03. The molecule has 3 aromatic rings. The molecule has 41 heavy (non-hydrogen) atoms. The fourth-order valence-corrected chi connectivity index (χ4v) is 6.05. The van der Waals surface area contributed by atoms with Crippen molar-refractivity contribution in [3.05, 3.63) is 40.8 Å². The molecule has 2 N–H and O–H groups in total. The molecule has 10 nitrogen and oxygen atoms in total. The zero-order chi connectivity index (χ0) is 29.1. The number of hydrogen-bond donors (Lipinski definition) is 2. The van der Waals surface area contributed by atoms with Gasteiger partial charge in [-0.3, -0.25) is 4.79 Å². The maximum absolute atomic E-state index is 14.1. The molecule has 4 heterocycles. The van der Waals surface area contributed by atoms with E-state index >= 15 is 0 Å². The number of aromatic nitrogens is 2. The number of carbonyl (C=O) groups is 2. The number of anilines is 2. The third kappa shape index (κ3) is 7.05. The van der Waals surface area contributed by atoms with Crippen molar-refractivity contribution >= 4 is 45.1 Å². The lowest BCUT2D eigenvalue weighted by molar-refractivity contribution is 0.0256. The SMILES string of the molecule is Cc1c(C(=O)NC2CCCN(C(=O)OC(C)(C)C)CC2)sc2ncnc(Nc3ccc(F)cc3OC3CCOC3)c12. The Hall–Kier alpha value is -3.51. The molecule has 12 heteroatoms. The maximum Gasteiger partial charge on any atom is 0.410 e. The van der Waals surface area contributed by atoms with E-state index in [9.17, 15) is 14.0 Å². The molecule has 0 radical (unpaired) electrons. The molecule has 5 rings (SSSR count). The minimum absolute atomic E-state index is 0.0679. The highest BCUT2D eigenvalue weighted by atomic mass is 32.1. The molecule has 0 aliphatic carbocycles. The van der Waals surface area contributed by atoms with Crippen LogP contribution >= 0.6 is 11.3 Å². The Morgan fingerprint density at radius 2 is 2.00 bits per heavy atom. The number of thiophene rings is 1. The molecule has 2 saturated heterocycles. The highest BCUT2D eigenvalue weighted by molar-refractivity contribution is 7.20. The number of nitrogens with zero attached hydrogens (tertiary/aromatic N) is 3. The van der Waals surface area contributed by atoms with E-state index in [2.05, 4.69) is 20.6 Å². The molecule has 0 saturated carbocycles. The Labute approximate surface area is 242 Å². The Morgan fingerprint density at radius 3 is 2.76 bits per heavy atom. The Bertz CT molecular complexity index is 1420. The molecule has 2 atom stereocenters. The van der Waals surface area contributed by atoms with Crippen molar-refractivity contribution in [3.8, 4) is 5.75 Å². The standard InChI is InChI=1S/C29H36FN5O5S/c1-17-23-25(34-21-8-7-18(30)14-22(21)39-20-10-13-38-15-20)31-16-32-27(23)41-24(17)26(36)33-19-6-5-11-35(12-9-19)28(37)40-29(2,3)4/h7-8,14,16,19-20H,5-6,9-13,15H2,1-4H3,(H,33,36)(H,31,32,34). The van der Waals surface area contributed by atoms with Gasteiger partial charge in [0.1, 0.15) is 40.2 Å². The number of likely N-dealkylation sites (tertiary alicyclic amines) is 1. The number of fused-ring (bicyclic) bond motifs is 1. The number of carbonyl (C=O) groups excluding carboxylic acids is 2. The minimum atomic E-state index is -0.553. The van der Waals surface area contributed by atoms with Crippen molar-refractivity contribution < 1.29 is 28.2 Å². The second kappa shape index (κ2) is 12.2. The van der Waals surface area contributed by atoms with Crippen molar-refractivity contribution in [2.24, 2.45) is 0 Å². The van der Waals surface area contributed by atoms with E-state index in [-0.39, 0.29) is 24.1 Å². The molecular formula is C29H36FN5O5S. The predicted octanol–water partition coefficient (Wildman–Crippen LogP) is 5.57. The van der Waals surface area contributed by atoms with E-state index in [0.29, 0.717) is 59.7 Å². The number of hydrogen-bond acceptors (Lipinski definition) is 9. The molecule has 220 valence electrons. The highest BCUT2D eigenvalue weighted by Gasteiger charge is 2.27. The second-order valence-corrected chi connectivity index (χ2v) is 12.4. The number of amides is 2. The molecule has 2 aromatic heterocycles. The Kier molecular flexibility index (Phi) is 8.60. The minimum Gasteiger partial charge on any atom is -0.486 e. The summed E-state index contributed by atoms with van der Waals surface area (Å²) >= 11 is 1.30. The van der Waals surface area contributed by atoms with Gasteiger partial charge in [-0.1, -0.05) is 0 Å². The van der Waals surface area contributed by atoms with Crippen LogP contribution < -0.4 is 15.4 Å². The van der Waals surface area contributed by atoms with E-state index in [0.717, 1.165) is 30.2 Å². The van der Waals surface area contributed by atoms with Gasteiger partial charge in [-0.25, -0.2) is 19.2 Å².